The summed E-state index contributed by atoms with van der Waals surface area (Å²) in [5.74, 6) is 0.192. The largest absolute Gasteiger partial charge is 0.497 e. The summed E-state index contributed by atoms with van der Waals surface area (Å²) in [5, 5.41) is 2.93. The van der Waals surface area contributed by atoms with Gasteiger partial charge in [0.2, 0.25) is 0 Å². The van der Waals surface area contributed by atoms with Crippen LogP contribution < -0.4 is 14.8 Å². The zero-order valence-electron chi connectivity index (χ0n) is 14.0. The smallest absolute Gasteiger partial charge is 0.336 e. The molecule has 1 aromatic heterocycles. The van der Waals surface area contributed by atoms with Crippen LogP contribution in [0.1, 0.15) is 16.1 Å². The van der Waals surface area contributed by atoms with Gasteiger partial charge in [0, 0.05) is 18.3 Å². The minimum absolute atomic E-state index is 0.400. The fraction of sp³-hybridized carbons (Fsp3) is 0.333. The van der Waals surface area contributed by atoms with Crippen LogP contribution in [0.4, 0.5) is 5.13 Å². The quantitative estimate of drug-likeness (QED) is 0.713. The normalized spacial score (nSPS) is 11.3. The maximum atomic E-state index is 11.7. The summed E-state index contributed by atoms with van der Waals surface area (Å²) >= 11 is 1.34. The number of hydrogen-bond donors (Lipinski definition) is 2. The van der Waals surface area contributed by atoms with Crippen LogP contribution in [0.2, 0.25) is 0 Å². The number of ether oxygens (including phenoxy) is 1. The molecule has 1 heterocycles. The Hall–Kier alpha value is -2.01. The van der Waals surface area contributed by atoms with Gasteiger partial charge in [-0.3, -0.25) is 10.1 Å². The summed E-state index contributed by atoms with van der Waals surface area (Å²) in [6.45, 7) is 1.24. The first-order valence-corrected chi connectivity index (χ1v) is 9.52. The van der Waals surface area contributed by atoms with Gasteiger partial charge in [0.1, 0.15) is 12.4 Å². The highest BCUT2D eigenvalue weighted by atomic mass is 32.2. The number of methoxy groups -OCH3 is 1. The number of hydrogen-bond acceptors (Lipinski definition) is 7. The molecule has 2 rings (SSSR count). The van der Waals surface area contributed by atoms with Gasteiger partial charge in [0.25, 0.3) is 5.91 Å². The van der Waals surface area contributed by atoms with Gasteiger partial charge in [-0.1, -0.05) is 12.1 Å². The van der Waals surface area contributed by atoms with Crippen molar-refractivity contribution in [2.75, 3.05) is 26.1 Å². The molecule has 0 saturated carbocycles. The van der Waals surface area contributed by atoms with Crippen molar-refractivity contribution >= 4 is 32.7 Å². The third kappa shape index (κ3) is 5.78. The number of aromatic nitrogens is 1. The summed E-state index contributed by atoms with van der Waals surface area (Å²) in [4.78, 5) is 17.0. The lowest BCUT2D eigenvalue weighted by Gasteiger charge is -2.03. The molecule has 0 atom stereocenters. The average molecular weight is 385 g/mol. The van der Waals surface area contributed by atoms with Crippen LogP contribution in [-0.4, -0.2) is 40.1 Å². The highest BCUT2D eigenvalue weighted by Crippen LogP contribution is 2.25. The Morgan fingerprint density at radius 1 is 1.28 bits per heavy atom. The first kappa shape index (κ1) is 19.3. The van der Waals surface area contributed by atoms with Crippen molar-refractivity contribution in [3.05, 3.63) is 40.4 Å². The SMILES string of the molecule is CNS(=O)(=O)OCC(=O)Nc1nc(C)c(Cc2ccc(OC)cc2)s1. The van der Waals surface area contributed by atoms with E-state index in [1.807, 2.05) is 35.9 Å². The van der Waals surface area contributed by atoms with E-state index in [0.717, 1.165) is 21.9 Å². The second-order valence-electron chi connectivity index (χ2n) is 5.02. The van der Waals surface area contributed by atoms with E-state index in [0.29, 0.717) is 11.6 Å². The molecule has 0 bridgehead atoms. The summed E-state index contributed by atoms with van der Waals surface area (Å²) in [6.07, 6.45) is 0.675. The van der Waals surface area contributed by atoms with Gasteiger partial charge < -0.3 is 4.74 Å². The van der Waals surface area contributed by atoms with E-state index in [2.05, 4.69) is 14.5 Å². The van der Waals surface area contributed by atoms with Gasteiger partial charge in [-0.15, -0.1) is 11.3 Å². The van der Waals surface area contributed by atoms with Crippen molar-refractivity contribution in [1.82, 2.24) is 9.71 Å². The number of rotatable bonds is 8. The van der Waals surface area contributed by atoms with Crippen LogP contribution in [0.3, 0.4) is 0 Å². The minimum Gasteiger partial charge on any atom is -0.497 e. The van der Waals surface area contributed by atoms with Crippen LogP contribution in [-0.2, 0) is 25.7 Å². The van der Waals surface area contributed by atoms with Crippen molar-refractivity contribution in [2.24, 2.45) is 0 Å². The predicted octanol–water partition coefficient (Wildman–Crippen LogP) is 1.47. The van der Waals surface area contributed by atoms with E-state index in [4.69, 9.17) is 4.74 Å². The fourth-order valence-electron chi connectivity index (χ4n) is 1.92. The molecule has 0 spiro atoms. The average Bonchev–Trinajstić information content (AvgIpc) is 2.93. The lowest BCUT2D eigenvalue weighted by Crippen LogP contribution is -2.27. The summed E-state index contributed by atoms with van der Waals surface area (Å²) in [5.41, 5.74) is 1.90. The molecule has 136 valence electrons. The second-order valence-corrected chi connectivity index (χ2v) is 7.66. The Balaban J connectivity index is 1.98. The summed E-state index contributed by atoms with van der Waals surface area (Å²) in [6, 6.07) is 7.70. The number of amides is 1. The maximum Gasteiger partial charge on any atom is 0.336 e. The molecule has 2 aromatic rings. The molecule has 0 saturated heterocycles. The number of nitrogens with one attached hydrogen (secondary N) is 2. The lowest BCUT2D eigenvalue weighted by atomic mass is 10.1. The highest BCUT2D eigenvalue weighted by Gasteiger charge is 2.14. The number of benzene rings is 1. The molecular weight excluding hydrogens is 366 g/mol. The van der Waals surface area contributed by atoms with Gasteiger partial charge in [-0.2, -0.15) is 13.1 Å². The molecule has 10 heteroatoms. The number of anilines is 1. The molecule has 0 aliphatic heterocycles. The Bertz CT molecular complexity index is 831. The predicted molar refractivity (Wildman–Crippen MR) is 95.2 cm³/mol. The third-order valence-corrected chi connectivity index (χ3v) is 5.26. The van der Waals surface area contributed by atoms with Crippen molar-refractivity contribution in [3.8, 4) is 5.75 Å². The topological polar surface area (TPSA) is 107 Å². The molecule has 1 aromatic carbocycles. The molecule has 8 nitrogen and oxygen atoms in total. The lowest BCUT2D eigenvalue weighted by molar-refractivity contribution is -0.118. The first-order valence-electron chi connectivity index (χ1n) is 7.30. The Morgan fingerprint density at radius 2 is 1.96 bits per heavy atom. The molecule has 0 fully saturated rings. The third-order valence-electron chi connectivity index (χ3n) is 3.26. The maximum absolute atomic E-state index is 11.7. The summed E-state index contributed by atoms with van der Waals surface area (Å²) in [7, 11) is -1.08. The number of carbonyl (C=O) groups excluding carboxylic acids is 1. The first-order chi connectivity index (χ1) is 11.8. The van der Waals surface area contributed by atoms with E-state index in [1.54, 1.807) is 7.11 Å². The Morgan fingerprint density at radius 3 is 2.56 bits per heavy atom. The van der Waals surface area contributed by atoms with E-state index in [9.17, 15) is 13.2 Å². The van der Waals surface area contributed by atoms with Crippen molar-refractivity contribution in [2.45, 2.75) is 13.3 Å². The van der Waals surface area contributed by atoms with Gasteiger partial charge >= 0.3 is 10.3 Å². The van der Waals surface area contributed by atoms with E-state index in [1.165, 1.54) is 18.4 Å². The van der Waals surface area contributed by atoms with Crippen LogP contribution >= 0.6 is 11.3 Å². The van der Waals surface area contributed by atoms with Gasteiger partial charge in [-0.25, -0.2) is 9.17 Å². The van der Waals surface area contributed by atoms with Crippen molar-refractivity contribution in [3.63, 3.8) is 0 Å². The molecule has 25 heavy (non-hydrogen) atoms. The molecular formula is C15H19N3O5S2. The highest BCUT2D eigenvalue weighted by molar-refractivity contribution is 7.84. The standard InChI is InChI=1S/C15H19N3O5S2/c1-10-13(8-11-4-6-12(22-3)7-5-11)24-15(17-10)18-14(19)9-23-25(20,21)16-2/h4-7,16H,8-9H2,1-3H3,(H,17,18,19). The second kappa shape index (κ2) is 8.39. The van der Waals surface area contributed by atoms with Crippen LogP contribution in [0.25, 0.3) is 0 Å². The fourth-order valence-corrected chi connectivity index (χ4v) is 3.31. The number of nitrogens with zero attached hydrogens (tertiary/aromatic N) is 1. The number of aryl methyl sites for hydroxylation is 1. The molecule has 0 aliphatic rings. The molecule has 0 aliphatic carbocycles. The van der Waals surface area contributed by atoms with Crippen molar-refractivity contribution in [1.29, 1.82) is 0 Å². The van der Waals surface area contributed by atoms with Crippen molar-refractivity contribution < 1.29 is 22.1 Å². The van der Waals surface area contributed by atoms with Crippen LogP contribution in [0.5, 0.6) is 5.75 Å². The summed E-state index contributed by atoms with van der Waals surface area (Å²) < 4.78 is 33.8. The molecule has 2 N–H and O–H groups in total. The number of carbonyl (C=O) groups is 1. The Kier molecular flexibility index (Phi) is 6.48. The number of thiazole rings is 1. The monoisotopic (exact) mass is 385 g/mol. The zero-order valence-corrected chi connectivity index (χ0v) is 15.7. The van der Waals surface area contributed by atoms with E-state index < -0.39 is 22.8 Å². The van der Waals surface area contributed by atoms with Gasteiger partial charge in [-0.05, 0) is 24.6 Å². The minimum atomic E-state index is -3.89. The zero-order chi connectivity index (χ0) is 18.4. The van der Waals surface area contributed by atoms with Gasteiger partial charge in [0.15, 0.2) is 5.13 Å². The van der Waals surface area contributed by atoms with Crippen LogP contribution in [0.15, 0.2) is 24.3 Å². The van der Waals surface area contributed by atoms with E-state index >= 15 is 0 Å². The molecule has 1 amide bonds. The van der Waals surface area contributed by atoms with Gasteiger partial charge in [0.05, 0.1) is 12.8 Å². The van der Waals surface area contributed by atoms with Crippen LogP contribution in [0, 0.1) is 6.92 Å². The van der Waals surface area contributed by atoms with E-state index in [-0.39, 0.29) is 0 Å². The Labute approximate surface area is 150 Å². The molecule has 0 unspecified atom stereocenters. The molecule has 0 radical (unpaired) electrons.